The molecule has 9 atom stereocenters. The van der Waals surface area contributed by atoms with Gasteiger partial charge in [-0.2, -0.15) is 0 Å². The summed E-state index contributed by atoms with van der Waals surface area (Å²) in [7, 11) is 1.74. The Bertz CT molecular complexity index is 674. The van der Waals surface area contributed by atoms with Gasteiger partial charge in [-0.15, -0.1) is 0 Å². The van der Waals surface area contributed by atoms with Gasteiger partial charge in [0.1, 0.15) is 6.10 Å². The fourth-order valence-corrected chi connectivity index (χ4v) is 7.61. The van der Waals surface area contributed by atoms with Gasteiger partial charge in [0.25, 0.3) is 0 Å². The summed E-state index contributed by atoms with van der Waals surface area (Å²) >= 11 is 0. The first-order valence-electron chi connectivity index (χ1n) is 11.5. The van der Waals surface area contributed by atoms with E-state index in [1.165, 1.54) is 38.2 Å². The molecular formula is C24H38O5. The Hall–Kier alpha value is -0.910. The Labute approximate surface area is 174 Å². The van der Waals surface area contributed by atoms with Gasteiger partial charge in [-0.1, -0.05) is 25.5 Å². The molecule has 5 nitrogen and oxygen atoms in total. The highest BCUT2D eigenvalue weighted by Gasteiger charge is 2.70. The molecule has 164 valence electrons. The van der Waals surface area contributed by atoms with Gasteiger partial charge in [-0.25, -0.2) is 0 Å². The molecule has 4 saturated carbocycles. The van der Waals surface area contributed by atoms with Gasteiger partial charge in [-0.05, 0) is 74.0 Å². The van der Waals surface area contributed by atoms with Crippen LogP contribution in [-0.2, 0) is 14.3 Å². The minimum atomic E-state index is -0.654. The van der Waals surface area contributed by atoms with Crippen LogP contribution in [0.25, 0.3) is 0 Å². The number of carbonyl (C=O) groups excluding carboxylic acids is 1. The minimum absolute atomic E-state index is 0.130. The Morgan fingerprint density at radius 3 is 2.79 bits per heavy atom. The predicted molar refractivity (Wildman–Crippen MR) is 110 cm³/mol. The van der Waals surface area contributed by atoms with Crippen molar-refractivity contribution in [2.45, 2.75) is 84.0 Å². The molecule has 0 aromatic rings. The minimum Gasteiger partial charge on any atom is -0.460 e. The van der Waals surface area contributed by atoms with Crippen LogP contribution in [0.15, 0.2) is 11.6 Å². The number of ether oxygens (including phenoxy) is 2. The molecule has 0 amide bonds. The smallest absolute Gasteiger partial charge is 0.302 e. The SMILES string of the molecule is COC(/C=C1\CCC[C@@]2(C)C1CCC2[C@H](C)CO)C12CC1C[C@H](OC(C)=O)C2O. The maximum atomic E-state index is 11.4. The molecule has 6 unspecified atom stereocenters. The quantitative estimate of drug-likeness (QED) is 0.522. The van der Waals surface area contributed by atoms with E-state index in [9.17, 15) is 15.0 Å². The highest BCUT2D eigenvalue weighted by atomic mass is 16.6. The summed E-state index contributed by atoms with van der Waals surface area (Å²) < 4.78 is 11.3. The van der Waals surface area contributed by atoms with Crippen LogP contribution in [0.5, 0.6) is 0 Å². The number of methoxy groups -OCH3 is 1. The summed E-state index contributed by atoms with van der Waals surface area (Å²) in [4.78, 5) is 11.4. The molecule has 0 radical (unpaired) electrons. The first-order chi connectivity index (χ1) is 13.8. The normalized spacial score (nSPS) is 46.8. The Morgan fingerprint density at radius 2 is 2.14 bits per heavy atom. The second kappa shape index (κ2) is 7.65. The molecule has 0 aromatic carbocycles. The van der Waals surface area contributed by atoms with Gasteiger partial charge in [0, 0.05) is 26.1 Å². The van der Waals surface area contributed by atoms with Gasteiger partial charge in [0.2, 0.25) is 0 Å². The van der Waals surface area contributed by atoms with Crippen molar-refractivity contribution in [3.63, 3.8) is 0 Å². The maximum Gasteiger partial charge on any atom is 0.302 e. The van der Waals surface area contributed by atoms with Crippen molar-refractivity contribution in [3.8, 4) is 0 Å². The Balaban J connectivity index is 1.56. The van der Waals surface area contributed by atoms with Crippen molar-refractivity contribution in [2.75, 3.05) is 13.7 Å². The molecule has 0 heterocycles. The van der Waals surface area contributed by atoms with E-state index < -0.39 is 12.2 Å². The largest absolute Gasteiger partial charge is 0.460 e. The average Bonchev–Trinajstić information content (AvgIpc) is 3.19. The van der Waals surface area contributed by atoms with Gasteiger partial charge < -0.3 is 19.7 Å². The molecular weight excluding hydrogens is 368 g/mol. The Kier molecular flexibility index (Phi) is 5.63. The number of aliphatic hydroxyl groups is 2. The van der Waals surface area contributed by atoms with E-state index in [4.69, 9.17) is 9.47 Å². The molecule has 0 aromatic heterocycles. The zero-order valence-corrected chi connectivity index (χ0v) is 18.4. The number of allylic oxidation sites excluding steroid dienone is 1. The monoisotopic (exact) mass is 406 g/mol. The second-order valence-electron chi connectivity index (χ2n) is 10.5. The molecule has 0 saturated heterocycles. The van der Waals surface area contributed by atoms with E-state index in [2.05, 4.69) is 19.9 Å². The zero-order valence-electron chi connectivity index (χ0n) is 18.4. The van der Waals surface area contributed by atoms with E-state index in [-0.39, 0.29) is 29.5 Å². The van der Waals surface area contributed by atoms with Crippen molar-refractivity contribution in [2.24, 2.45) is 34.5 Å². The molecule has 2 N–H and O–H groups in total. The lowest BCUT2D eigenvalue weighted by molar-refractivity contribution is -0.154. The maximum absolute atomic E-state index is 11.4. The third kappa shape index (κ3) is 3.28. The van der Waals surface area contributed by atoms with Gasteiger partial charge in [0.15, 0.2) is 0 Å². The number of aliphatic hydroxyl groups excluding tert-OH is 2. The van der Waals surface area contributed by atoms with E-state index >= 15 is 0 Å². The van der Waals surface area contributed by atoms with E-state index in [0.717, 1.165) is 19.3 Å². The van der Waals surface area contributed by atoms with Crippen LogP contribution in [0.3, 0.4) is 0 Å². The van der Waals surface area contributed by atoms with Crippen molar-refractivity contribution in [1.82, 2.24) is 0 Å². The van der Waals surface area contributed by atoms with Crippen molar-refractivity contribution >= 4 is 5.97 Å². The fraction of sp³-hybridized carbons (Fsp3) is 0.875. The third-order valence-electron chi connectivity index (χ3n) is 9.10. The van der Waals surface area contributed by atoms with Crippen LogP contribution in [-0.4, -0.2) is 48.2 Å². The summed E-state index contributed by atoms with van der Waals surface area (Å²) in [6.07, 6.45) is 8.70. The topological polar surface area (TPSA) is 76.0 Å². The highest BCUT2D eigenvalue weighted by Crippen LogP contribution is 2.67. The highest BCUT2D eigenvalue weighted by molar-refractivity contribution is 5.66. The average molecular weight is 407 g/mol. The van der Waals surface area contributed by atoms with E-state index in [0.29, 0.717) is 23.7 Å². The standard InChI is InChI=1S/C24H38O5/c1-14(13-25)18-7-8-19-16(6-5-9-23(18,19)3)10-21(28-4)24-12-17(24)11-20(22(24)27)29-15(2)26/h10,14,17-22,25,27H,5-9,11-13H2,1-4H3/b16-10+/t14-,17?,18?,19?,20+,21?,22?,23-,24?/m1/s1. The molecule has 0 bridgehead atoms. The van der Waals surface area contributed by atoms with Crippen molar-refractivity contribution < 1.29 is 24.5 Å². The zero-order chi connectivity index (χ0) is 21.0. The van der Waals surface area contributed by atoms with Crippen LogP contribution in [0.1, 0.15) is 65.7 Å². The summed E-state index contributed by atoms with van der Waals surface area (Å²) in [5.74, 6) is 1.50. The first-order valence-corrected chi connectivity index (χ1v) is 11.5. The van der Waals surface area contributed by atoms with Crippen molar-refractivity contribution in [3.05, 3.63) is 11.6 Å². The molecule has 0 spiro atoms. The summed E-state index contributed by atoms with van der Waals surface area (Å²) in [6, 6.07) is 0. The number of carbonyl (C=O) groups is 1. The van der Waals surface area contributed by atoms with Crippen LogP contribution < -0.4 is 0 Å². The predicted octanol–water partition coefficient (Wildman–Crippen LogP) is 3.48. The Morgan fingerprint density at radius 1 is 1.38 bits per heavy atom. The lowest BCUT2D eigenvalue weighted by atomic mass is 9.61. The first kappa shape index (κ1) is 21.3. The van der Waals surface area contributed by atoms with Gasteiger partial charge in [-0.3, -0.25) is 4.79 Å². The molecule has 4 fully saturated rings. The van der Waals surface area contributed by atoms with Gasteiger partial charge >= 0.3 is 5.97 Å². The molecule has 5 heteroatoms. The lowest BCUT2D eigenvalue weighted by Crippen LogP contribution is -2.41. The number of hydrogen-bond donors (Lipinski definition) is 2. The molecule has 0 aliphatic heterocycles. The van der Waals surface area contributed by atoms with Crippen LogP contribution in [0.4, 0.5) is 0 Å². The van der Waals surface area contributed by atoms with Crippen LogP contribution >= 0.6 is 0 Å². The summed E-state index contributed by atoms with van der Waals surface area (Å²) in [5.41, 5.74) is 1.44. The molecule has 4 aliphatic rings. The number of fused-ring (bicyclic) bond motifs is 2. The summed E-state index contributed by atoms with van der Waals surface area (Å²) in [5, 5.41) is 20.8. The molecule has 4 aliphatic carbocycles. The van der Waals surface area contributed by atoms with Crippen molar-refractivity contribution in [1.29, 1.82) is 0 Å². The number of rotatable bonds is 6. The second-order valence-corrected chi connectivity index (χ2v) is 10.5. The van der Waals surface area contributed by atoms with E-state index in [1.807, 2.05) is 0 Å². The molecule has 29 heavy (non-hydrogen) atoms. The third-order valence-corrected chi connectivity index (χ3v) is 9.10. The number of hydrogen-bond acceptors (Lipinski definition) is 5. The van der Waals surface area contributed by atoms with Crippen LogP contribution in [0, 0.1) is 34.5 Å². The summed E-state index contributed by atoms with van der Waals surface area (Å²) in [6.45, 7) is 6.29. The van der Waals surface area contributed by atoms with Crippen LogP contribution in [0.2, 0.25) is 0 Å². The van der Waals surface area contributed by atoms with Gasteiger partial charge in [0.05, 0.1) is 12.2 Å². The fourth-order valence-electron chi connectivity index (χ4n) is 7.61. The number of esters is 1. The lowest BCUT2D eigenvalue weighted by Gasteiger charge is -2.44. The van der Waals surface area contributed by atoms with E-state index in [1.54, 1.807) is 7.11 Å². The molecule has 4 rings (SSSR count).